The van der Waals surface area contributed by atoms with Gasteiger partial charge in [0.15, 0.2) is 0 Å². The van der Waals surface area contributed by atoms with Gasteiger partial charge in [0.2, 0.25) is 0 Å². The monoisotopic (exact) mass is 266 g/mol. The van der Waals surface area contributed by atoms with E-state index >= 15 is 0 Å². The molecule has 0 aromatic carbocycles. The Morgan fingerprint density at radius 2 is 2.00 bits per heavy atom. The predicted octanol–water partition coefficient (Wildman–Crippen LogP) is 0.495. The number of aliphatic carboxylic acids is 1. The molecule has 6 heteroatoms. The Morgan fingerprint density at radius 1 is 1.32 bits per heavy atom. The van der Waals surface area contributed by atoms with Crippen molar-refractivity contribution in [2.45, 2.75) is 26.4 Å². The number of aromatic nitrogens is 2. The van der Waals surface area contributed by atoms with Crippen LogP contribution in [0.4, 0.5) is 0 Å². The van der Waals surface area contributed by atoms with Crippen molar-refractivity contribution in [3.8, 4) is 0 Å². The van der Waals surface area contributed by atoms with E-state index in [1.54, 1.807) is 0 Å². The molecular weight excluding hydrogens is 244 g/mol. The normalized spacial score (nSPS) is 17.7. The molecule has 0 saturated carbocycles. The summed E-state index contributed by atoms with van der Waals surface area (Å²) in [5.74, 6) is 0.397. The second kappa shape index (κ2) is 6.68. The second-order valence-electron chi connectivity index (χ2n) is 4.89. The Bertz CT molecular complexity index is 411. The standard InChI is InChI=1S/C13H22N4O2/c1-2-17-6-4-14-12(17)11-16-9-7-15(8-10-16)5-3-13(18)19/h4,6H,2-3,5,7-11H2,1H3,(H,18,19). The van der Waals surface area contributed by atoms with Gasteiger partial charge in [-0.25, -0.2) is 4.98 Å². The molecule has 1 aliphatic heterocycles. The van der Waals surface area contributed by atoms with E-state index in [1.807, 2.05) is 12.4 Å². The molecule has 0 radical (unpaired) electrons. The summed E-state index contributed by atoms with van der Waals surface area (Å²) < 4.78 is 2.16. The number of aryl methyl sites for hydroxylation is 1. The molecule has 0 aliphatic carbocycles. The van der Waals surface area contributed by atoms with Gasteiger partial charge in [-0.1, -0.05) is 0 Å². The molecule has 0 spiro atoms. The Labute approximate surface area is 113 Å². The second-order valence-corrected chi connectivity index (χ2v) is 4.89. The lowest BCUT2D eigenvalue weighted by Gasteiger charge is -2.34. The van der Waals surface area contributed by atoms with Gasteiger partial charge >= 0.3 is 5.97 Å². The summed E-state index contributed by atoms with van der Waals surface area (Å²) in [7, 11) is 0. The van der Waals surface area contributed by atoms with E-state index in [0.29, 0.717) is 6.54 Å². The molecule has 1 fully saturated rings. The molecule has 0 bridgehead atoms. The zero-order chi connectivity index (χ0) is 13.7. The Balaban J connectivity index is 1.76. The summed E-state index contributed by atoms with van der Waals surface area (Å²) in [6.07, 6.45) is 4.10. The van der Waals surface area contributed by atoms with Crippen LogP contribution in [0, 0.1) is 0 Å². The van der Waals surface area contributed by atoms with Crippen molar-refractivity contribution in [2.24, 2.45) is 0 Å². The van der Waals surface area contributed by atoms with E-state index in [2.05, 4.69) is 26.3 Å². The SMILES string of the molecule is CCn1ccnc1CN1CCN(CCC(=O)O)CC1. The predicted molar refractivity (Wildman–Crippen MR) is 71.9 cm³/mol. The number of carboxylic acid groups (broad SMARTS) is 1. The molecule has 2 rings (SSSR count). The fraction of sp³-hybridized carbons (Fsp3) is 0.692. The van der Waals surface area contributed by atoms with Crippen LogP contribution in [0.3, 0.4) is 0 Å². The lowest BCUT2D eigenvalue weighted by atomic mass is 10.3. The van der Waals surface area contributed by atoms with Gasteiger partial charge in [0, 0.05) is 51.7 Å². The molecule has 1 aromatic rings. The highest BCUT2D eigenvalue weighted by atomic mass is 16.4. The van der Waals surface area contributed by atoms with E-state index in [1.165, 1.54) is 0 Å². The maximum Gasteiger partial charge on any atom is 0.304 e. The average Bonchev–Trinajstić information content (AvgIpc) is 2.85. The number of rotatable bonds is 6. The van der Waals surface area contributed by atoms with Crippen LogP contribution in [0.1, 0.15) is 19.2 Å². The molecular formula is C13H22N4O2. The van der Waals surface area contributed by atoms with Crippen LogP contribution < -0.4 is 0 Å². The van der Waals surface area contributed by atoms with E-state index in [4.69, 9.17) is 5.11 Å². The minimum absolute atomic E-state index is 0.236. The number of hydrogen-bond donors (Lipinski definition) is 1. The first-order valence-electron chi connectivity index (χ1n) is 6.85. The molecule has 0 unspecified atom stereocenters. The maximum atomic E-state index is 10.5. The zero-order valence-corrected chi connectivity index (χ0v) is 11.5. The van der Waals surface area contributed by atoms with Gasteiger partial charge in [-0.2, -0.15) is 0 Å². The van der Waals surface area contributed by atoms with E-state index in [-0.39, 0.29) is 6.42 Å². The summed E-state index contributed by atoms with van der Waals surface area (Å²) >= 11 is 0. The van der Waals surface area contributed by atoms with Crippen molar-refractivity contribution in [3.05, 3.63) is 18.2 Å². The summed E-state index contributed by atoms with van der Waals surface area (Å²) in [6.45, 7) is 8.47. The number of carboxylic acids is 1. The molecule has 19 heavy (non-hydrogen) atoms. The van der Waals surface area contributed by atoms with Crippen LogP contribution in [-0.2, 0) is 17.9 Å². The highest BCUT2D eigenvalue weighted by molar-refractivity contribution is 5.66. The topological polar surface area (TPSA) is 61.6 Å². The number of imidazole rings is 1. The van der Waals surface area contributed by atoms with Gasteiger partial charge in [0.25, 0.3) is 0 Å². The number of hydrogen-bond acceptors (Lipinski definition) is 4. The van der Waals surface area contributed by atoms with E-state index < -0.39 is 5.97 Å². The smallest absolute Gasteiger partial charge is 0.304 e. The van der Waals surface area contributed by atoms with Crippen LogP contribution >= 0.6 is 0 Å². The van der Waals surface area contributed by atoms with Crippen LogP contribution in [0.15, 0.2) is 12.4 Å². The molecule has 1 aromatic heterocycles. The van der Waals surface area contributed by atoms with Crippen LogP contribution in [0.5, 0.6) is 0 Å². The van der Waals surface area contributed by atoms with Crippen molar-refractivity contribution in [3.63, 3.8) is 0 Å². The van der Waals surface area contributed by atoms with Gasteiger partial charge in [0.05, 0.1) is 13.0 Å². The first-order chi connectivity index (χ1) is 9.19. The fourth-order valence-corrected chi connectivity index (χ4v) is 2.40. The Morgan fingerprint density at radius 3 is 2.63 bits per heavy atom. The molecule has 1 aliphatic rings. The number of nitrogens with zero attached hydrogens (tertiary/aromatic N) is 4. The number of piperazine rings is 1. The lowest BCUT2D eigenvalue weighted by Crippen LogP contribution is -2.46. The highest BCUT2D eigenvalue weighted by Crippen LogP contribution is 2.08. The van der Waals surface area contributed by atoms with E-state index in [9.17, 15) is 4.79 Å². The lowest BCUT2D eigenvalue weighted by molar-refractivity contribution is -0.137. The molecule has 0 atom stereocenters. The van der Waals surface area contributed by atoms with Gasteiger partial charge in [-0.15, -0.1) is 0 Å². The van der Waals surface area contributed by atoms with E-state index in [0.717, 1.165) is 45.1 Å². The first kappa shape index (κ1) is 14.0. The molecule has 0 amide bonds. The van der Waals surface area contributed by atoms with Crippen molar-refractivity contribution < 1.29 is 9.90 Å². The minimum atomic E-state index is -0.715. The highest BCUT2D eigenvalue weighted by Gasteiger charge is 2.18. The average molecular weight is 266 g/mol. The zero-order valence-electron chi connectivity index (χ0n) is 11.5. The Hall–Kier alpha value is -1.40. The van der Waals surface area contributed by atoms with Crippen molar-refractivity contribution in [2.75, 3.05) is 32.7 Å². The van der Waals surface area contributed by atoms with Gasteiger partial charge in [-0.05, 0) is 6.92 Å². The number of carbonyl (C=O) groups is 1. The third-order valence-electron chi connectivity index (χ3n) is 3.61. The van der Waals surface area contributed by atoms with Crippen LogP contribution in [0.25, 0.3) is 0 Å². The minimum Gasteiger partial charge on any atom is -0.481 e. The summed E-state index contributed by atoms with van der Waals surface area (Å²) in [4.78, 5) is 19.5. The third kappa shape index (κ3) is 4.04. The molecule has 1 saturated heterocycles. The summed E-state index contributed by atoms with van der Waals surface area (Å²) in [6, 6.07) is 0. The quantitative estimate of drug-likeness (QED) is 0.812. The van der Waals surface area contributed by atoms with Gasteiger partial charge in [-0.3, -0.25) is 9.69 Å². The summed E-state index contributed by atoms with van der Waals surface area (Å²) in [5, 5.41) is 8.68. The van der Waals surface area contributed by atoms with Crippen molar-refractivity contribution in [1.29, 1.82) is 0 Å². The van der Waals surface area contributed by atoms with Crippen molar-refractivity contribution >= 4 is 5.97 Å². The van der Waals surface area contributed by atoms with Crippen LogP contribution in [0.2, 0.25) is 0 Å². The van der Waals surface area contributed by atoms with Crippen LogP contribution in [-0.4, -0.2) is 63.2 Å². The molecule has 106 valence electrons. The maximum absolute atomic E-state index is 10.5. The molecule has 6 nitrogen and oxygen atoms in total. The van der Waals surface area contributed by atoms with Crippen molar-refractivity contribution in [1.82, 2.24) is 19.4 Å². The fourth-order valence-electron chi connectivity index (χ4n) is 2.40. The molecule has 1 N–H and O–H groups in total. The van der Waals surface area contributed by atoms with Gasteiger partial charge in [0.1, 0.15) is 5.82 Å². The first-order valence-corrected chi connectivity index (χ1v) is 6.85. The van der Waals surface area contributed by atoms with Gasteiger partial charge < -0.3 is 14.6 Å². The Kier molecular flexibility index (Phi) is 4.93. The largest absolute Gasteiger partial charge is 0.481 e. The molecule has 2 heterocycles. The summed E-state index contributed by atoms with van der Waals surface area (Å²) in [5.41, 5.74) is 0. The third-order valence-corrected chi connectivity index (χ3v) is 3.61.